The minimum Gasteiger partial charge on any atom is -0.306 e. The number of likely N-dealkylation sites (N-methyl/N-ethyl adjacent to an activating group) is 1. The summed E-state index contributed by atoms with van der Waals surface area (Å²) >= 11 is 0. The summed E-state index contributed by atoms with van der Waals surface area (Å²) in [5.41, 5.74) is 0. The van der Waals surface area contributed by atoms with Crippen LogP contribution in [0.3, 0.4) is 0 Å². The number of ketones is 1. The lowest BCUT2D eigenvalue weighted by Gasteiger charge is -2.03. The summed E-state index contributed by atoms with van der Waals surface area (Å²) in [4.78, 5) is 13.2. The Morgan fingerprint density at radius 3 is 2.33 bits per heavy atom. The lowest BCUT2D eigenvalue weighted by molar-refractivity contribution is -0.121. The number of carbonyl (C=O) groups is 1. The van der Waals surface area contributed by atoms with Crippen molar-refractivity contribution in [3.8, 4) is 0 Å². The minimum atomic E-state index is 0.161. The highest BCUT2D eigenvalue weighted by molar-refractivity contribution is 5.81. The predicted octanol–water partition coefficient (Wildman–Crippen LogP) is 1.72. The van der Waals surface area contributed by atoms with Gasteiger partial charge in [0.1, 0.15) is 5.78 Å². The van der Waals surface area contributed by atoms with E-state index >= 15 is 0 Å². The molecule has 0 fully saturated rings. The molecule has 0 heterocycles. The Balaban J connectivity index is 3.54. The molecule has 12 heavy (non-hydrogen) atoms. The maximum absolute atomic E-state index is 11.1. The summed E-state index contributed by atoms with van der Waals surface area (Å²) in [5.74, 6) is 0.471. The molecule has 0 amide bonds. The highest BCUT2D eigenvalue weighted by atomic mass is 16.1. The van der Waals surface area contributed by atoms with Gasteiger partial charge >= 0.3 is 0 Å². The zero-order valence-electron chi connectivity index (χ0n) is 8.50. The molecule has 2 heteroatoms. The molecule has 0 saturated carbocycles. The molecular formula is C10H19NO. The molecule has 0 bridgehead atoms. The van der Waals surface area contributed by atoms with Crippen molar-refractivity contribution in [2.24, 2.45) is 5.92 Å². The summed E-state index contributed by atoms with van der Waals surface area (Å²) in [6.07, 6.45) is 4.55. The molecule has 2 nitrogen and oxygen atoms in total. The lowest BCUT2D eigenvalue weighted by Crippen LogP contribution is -2.11. The molecule has 0 aliphatic carbocycles. The van der Waals surface area contributed by atoms with E-state index in [1.165, 1.54) is 0 Å². The van der Waals surface area contributed by atoms with Crippen LogP contribution in [0.5, 0.6) is 0 Å². The van der Waals surface area contributed by atoms with Crippen LogP contribution in [0.4, 0.5) is 0 Å². The number of rotatable bonds is 5. The van der Waals surface area contributed by atoms with Gasteiger partial charge in [-0.05, 0) is 14.1 Å². The molecule has 0 N–H and O–H groups in total. The van der Waals surface area contributed by atoms with E-state index in [1.54, 1.807) is 0 Å². The van der Waals surface area contributed by atoms with Crippen LogP contribution in [0.15, 0.2) is 12.2 Å². The van der Waals surface area contributed by atoms with E-state index < -0.39 is 0 Å². The van der Waals surface area contributed by atoms with Crippen LogP contribution in [0.1, 0.15) is 20.3 Å². The minimum absolute atomic E-state index is 0.161. The SMILES string of the molecule is CC(C)C(=O)C/C=C/CN(C)C. The molecular weight excluding hydrogens is 150 g/mol. The van der Waals surface area contributed by atoms with Gasteiger partial charge in [0.15, 0.2) is 0 Å². The second kappa shape index (κ2) is 5.95. The molecule has 0 rings (SSSR count). The summed E-state index contributed by atoms with van der Waals surface area (Å²) in [6, 6.07) is 0. The van der Waals surface area contributed by atoms with Gasteiger partial charge in [-0.1, -0.05) is 26.0 Å². The van der Waals surface area contributed by atoms with E-state index in [9.17, 15) is 4.79 Å². The highest BCUT2D eigenvalue weighted by Gasteiger charge is 2.02. The Morgan fingerprint density at radius 1 is 1.33 bits per heavy atom. The summed E-state index contributed by atoms with van der Waals surface area (Å²) in [5, 5.41) is 0. The predicted molar refractivity (Wildman–Crippen MR) is 52.2 cm³/mol. The van der Waals surface area contributed by atoms with E-state index in [1.807, 2.05) is 40.1 Å². The third-order valence-corrected chi connectivity index (χ3v) is 1.60. The van der Waals surface area contributed by atoms with Gasteiger partial charge in [0.2, 0.25) is 0 Å². The lowest BCUT2D eigenvalue weighted by atomic mass is 10.1. The van der Waals surface area contributed by atoms with E-state index in [0.29, 0.717) is 12.2 Å². The van der Waals surface area contributed by atoms with Crippen molar-refractivity contribution in [2.75, 3.05) is 20.6 Å². The summed E-state index contributed by atoms with van der Waals surface area (Å²) < 4.78 is 0. The van der Waals surface area contributed by atoms with Gasteiger partial charge in [-0.2, -0.15) is 0 Å². The van der Waals surface area contributed by atoms with E-state index in [4.69, 9.17) is 0 Å². The van der Waals surface area contributed by atoms with Gasteiger partial charge in [-0.25, -0.2) is 0 Å². The Kier molecular flexibility index (Phi) is 5.64. The average molecular weight is 169 g/mol. The Morgan fingerprint density at radius 2 is 1.92 bits per heavy atom. The average Bonchev–Trinajstić information content (AvgIpc) is 1.97. The number of nitrogens with zero attached hydrogens (tertiary/aromatic N) is 1. The normalized spacial score (nSPS) is 11.8. The Bertz CT molecular complexity index is 159. The fourth-order valence-electron chi connectivity index (χ4n) is 0.721. The molecule has 0 aromatic heterocycles. The van der Waals surface area contributed by atoms with Crippen LogP contribution in [-0.4, -0.2) is 31.3 Å². The smallest absolute Gasteiger partial charge is 0.139 e. The van der Waals surface area contributed by atoms with Gasteiger partial charge in [-0.3, -0.25) is 4.79 Å². The fourth-order valence-corrected chi connectivity index (χ4v) is 0.721. The number of Topliss-reactive ketones (excluding diaryl/α,β-unsaturated/α-hetero) is 1. The van der Waals surface area contributed by atoms with E-state index in [0.717, 1.165) is 6.54 Å². The van der Waals surface area contributed by atoms with Crippen LogP contribution in [0.2, 0.25) is 0 Å². The second-order valence-corrected chi connectivity index (χ2v) is 3.56. The zero-order chi connectivity index (χ0) is 9.56. The molecule has 0 atom stereocenters. The molecule has 0 aliphatic heterocycles. The Hall–Kier alpha value is -0.630. The number of hydrogen-bond donors (Lipinski definition) is 0. The first kappa shape index (κ1) is 11.4. The van der Waals surface area contributed by atoms with Gasteiger partial charge in [0.25, 0.3) is 0 Å². The number of hydrogen-bond acceptors (Lipinski definition) is 2. The zero-order valence-corrected chi connectivity index (χ0v) is 8.50. The van der Waals surface area contributed by atoms with Crippen LogP contribution < -0.4 is 0 Å². The van der Waals surface area contributed by atoms with Crippen molar-refractivity contribution >= 4 is 5.78 Å². The van der Waals surface area contributed by atoms with Gasteiger partial charge in [0, 0.05) is 18.9 Å². The maximum Gasteiger partial charge on any atom is 0.139 e. The van der Waals surface area contributed by atoms with E-state index in [-0.39, 0.29) is 5.92 Å². The highest BCUT2D eigenvalue weighted by Crippen LogP contribution is 1.98. The van der Waals surface area contributed by atoms with Crippen LogP contribution >= 0.6 is 0 Å². The first-order valence-corrected chi connectivity index (χ1v) is 4.36. The quantitative estimate of drug-likeness (QED) is 0.584. The van der Waals surface area contributed by atoms with E-state index in [2.05, 4.69) is 4.90 Å². The standard InChI is InChI=1S/C10H19NO/c1-9(2)10(12)7-5-6-8-11(3)4/h5-6,9H,7-8H2,1-4H3/b6-5+. The largest absolute Gasteiger partial charge is 0.306 e. The van der Waals surface area contributed by atoms with Crippen molar-refractivity contribution in [3.05, 3.63) is 12.2 Å². The second-order valence-electron chi connectivity index (χ2n) is 3.56. The topological polar surface area (TPSA) is 20.3 Å². The molecule has 0 saturated heterocycles. The monoisotopic (exact) mass is 169 g/mol. The summed E-state index contributed by atoms with van der Waals surface area (Å²) in [6.45, 7) is 4.77. The first-order chi connectivity index (χ1) is 5.54. The van der Waals surface area contributed by atoms with Gasteiger partial charge in [-0.15, -0.1) is 0 Å². The third-order valence-electron chi connectivity index (χ3n) is 1.60. The maximum atomic E-state index is 11.1. The van der Waals surface area contributed by atoms with Crippen molar-refractivity contribution in [2.45, 2.75) is 20.3 Å². The fraction of sp³-hybridized carbons (Fsp3) is 0.700. The van der Waals surface area contributed by atoms with Crippen LogP contribution in [-0.2, 0) is 4.79 Å². The molecule has 70 valence electrons. The first-order valence-electron chi connectivity index (χ1n) is 4.36. The van der Waals surface area contributed by atoms with Crippen LogP contribution in [0, 0.1) is 5.92 Å². The van der Waals surface area contributed by atoms with Crippen molar-refractivity contribution in [3.63, 3.8) is 0 Å². The van der Waals surface area contributed by atoms with Crippen molar-refractivity contribution in [1.29, 1.82) is 0 Å². The summed E-state index contributed by atoms with van der Waals surface area (Å²) in [7, 11) is 4.02. The third kappa shape index (κ3) is 6.10. The molecule has 0 aromatic rings. The van der Waals surface area contributed by atoms with Crippen molar-refractivity contribution in [1.82, 2.24) is 4.90 Å². The molecule has 0 aromatic carbocycles. The van der Waals surface area contributed by atoms with Crippen molar-refractivity contribution < 1.29 is 4.79 Å². The molecule has 0 spiro atoms. The number of carbonyl (C=O) groups excluding carboxylic acids is 1. The Labute approximate surface area is 75.3 Å². The number of allylic oxidation sites excluding steroid dienone is 1. The molecule has 0 aliphatic rings. The molecule has 0 radical (unpaired) electrons. The molecule has 0 unspecified atom stereocenters. The van der Waals surface area contributed by atoms with Gasteiger partial charge in [0.05, 0.1) is 0 Å². The van der Waals surface area contributed by atoms with Gasteiger partial charge < -0.3 is 4.90 Å². The van der Waals surface area contributed by atoms with Crippen LogP contribution in [0.25, 0.3) is 0 Å².